The van der Waals surface area contributed by atoms with E-state index in [1.165, 1.54) is 9.47 Å². The molecule has 0 bridgehead atoms. The zero-order valence-electron chi connectivity index (χ0n) is 18.0. The summed E-state index contributed by atoms with van der Waals surface area (Å²) >= 11 is 7.19. The predicted octanol–water partition coefficient (Wildman–Crippen LogP) is 3.25. The number of carbonyl (C=O) groups excluding carboxylic acids is 2. The molecular weight excluding hydrogens is 464 g/mol. The highest BCUT2D eigenvalue weighted by Gasteiger charge is 2.19. The molecule has 2 aromatic carbocycles. The van der Waals surface area contributed by atoms with Crippen molar-refractivity contribution in [1.82, 2.24) is 9.55 Å². The van der Waals surface area contributed by atoms with Crippen LogP contribution in [0.15, 0.2) is 65.1 Å². The highest BCUT2D eigenvalue weighted by molar-refractivity contribution is 7.99. The van der Waals surface area contributed by atoms with Gasteiger partial charge in [0.25, 0.3) is 5.56 Å². The number of amides is 2. The van der Waals surface area contributed by atoms with Gasteiger partial charge in [-0.25, -0.2) is 4.98 Å². The summed E-state index contributed by atoms with van der Waals surface area (Å²) in [5.74, 6) is -0.151. The van der Waals surface area contributed by atoms with E-state index in [1.807, 2.05) is 0 Å². The van der Waals surface area contributed by atoms with E-state index < -0.39 is 5.91 Å². The van der Waals surface area contributed by atoms with Crippen LogP contribution in [-0.4, -0.2) is 40.8 Å². The summed E-state index contributed by atoms with van der Waals surface area (Å²) in [6.45, 7) is 4.07. The van der Waals surface area contributed by atoms with Crippen molar-refractivity contribution in [3.63, 3.8) is 0 Å². The van der Waals surface area contributed by atoms with E-state index >= 15 is 0 Å². The van der Waals surface area contributed by atoms with Gasteiger partial charge >= 0.3 is 0 Å². The third kappa shape index (κ3) is 5.94. The lowest BCUT2D eigenvalue weighted by molar-refractivity contribution is -0.118. The number of allylic oxidation sites excluding steroid dienone is 1. The van der Waals surface area contributed by atoms with Gasteiger partial charge < -0.3 is 15.4 Å². The average molecular weight is 487 g/mol. The van der Waals surface area contributed by atoms with Crippen molar-refractivity contribution in [2.75, 3.05) is 24.3 Å². The van der Waals surface area contributed by atoms with Crippen LogP contribution in [0.5, 0.6) is 5.75 Å². The van der Waals surface area contributed by atoms with Crippen molar-refractivity contribution in [2.24, 2.45) is 5.73 Å². The number of nitrogens with zero attached hydrogens (tertiary/aromatic N) is 3. The van der Waals surface area contributed by atoms with Crippen LogP contribution in [0.25, 0.3) is 10.9 Å². The van der Waals surface area contributed by atoms with Crippen molar-refractivity contribution < 1.29 is 14.3 Å². The van der Waals surface area contributed by atoms with Crippen molar-refractivity contribution in [2.45, 2.75) is 18.1 Å². The molecule has 0 saturated heterocycles. The number of hydrogen-bond acceptors (Lipinski definition) is 6. The molecular formula is C23H23ClN4O4S. The Morgan fingerprint density at radius 3 is 2.64 bits per heavy atom. The van der Waals surface area contributed by atoms with Crippen LogP contribution in [0.4, 0.5) is 5.69 Å². The minimum Gasteiger partial charge on any atom is -0.497 e. The first-order valence-corrected chi connectivity index (χ1v) is 11.4. The van der Waals surface area contributed by atoms with E-state index in [-0.39, 0.29) is 36.7 Å². The fourth-order valence-electron chi connectivity index (χ4n) is 3.16. The van der Waals surface area contributed by atoms with Gasteiger partial charge in [0.05, 0.1) is 23.8 Å². The van der Waals surface area contributed by atoms with Crippen molar-refractivity contribution in [3.8, 4) is 5.75 Å². The highest BCUT2D eigenvalue weighted by Crippen LogP contribution is 2.24. The van der Waals surface area contributed by atoms with Crippen LogP contribution in [0.3, 0.4) is 0 Å². The molecule has 172 valence electrons. The quantitative estimate of drug-likeness (QED) is 0.268. The highest BCUT2D eigenvalue weighted by atomic mass is 35.5. The fourth-order valence-corrected chi connectivity index (χ4v) is 4.21. The predicted molar refractivity (Wildman–Crippen MR) is 131 cm³/mol. The molecule has 0 atom stereocenters. The second kappa shape index (κ2) is 11.0. The van der Waals surface area contributed by atoms with Gasteiger partial charge in [0, 0.05) is 30.2 Å². The summed E-state index contributed by atoms with van der Waals surface area (Å²) in [7, 11) is 1.55. The minimum absolute atomic E-state index is 0.0102. The lowest BCUT2D eigenvalue weighted by Crippen LogP contribution is -2.35. The fraction of sp³-hybridized carbons (Fsp3) is 0.217. The third-order valence-electron chi connectivity index (χ3n) is 4.79. The van der Waals surface area contributed by atoms with E-state index in [0.29, 0.717) is 32.5 Å². The van der Waals surface area contributed by atoms with Crippen molar-refractivity contribution >= 4 is 51.8 Å². The Labute approximate surface area is 200 Å². The molecule has 3 rings (SSSR count). The normalized spacial score (nSPS) is 10.7. The first kappa shape index (κ1) is 24.3. The topological polar surface area (TPSA) is 108 Å². The minimum atomic E-state index is -0.512. The van der Waals surface area contributed by atoms with Crippen LogP contribution in [-0.2, 0) is 16.1 Å². The summed E-state index contributed by atoms with van der Waals surface area (Å²) in [6.07, 6.45) is 1.60. The van der Waals surface area contributed by atoms with Gasteiger partial charge in [0.2, 0.25) is 11.8 Å². The molecule has 0 spiro atoms. The van der Waals surface area contributed by atoms with Gasteiger partial charge in [-0.3, -0.25) is 19.0 Å². The molecule has 33 heavy (non-hydrogen) atoms. The summed E-state index contributed by atoms with van der Waals surface area (Å²) < 4.78 is 6.62. The first-order chi connectivity index (χ1) is 15.8. The van der Waals surface area contributed by atoms with E-state index in [1.54, 1.807) is 55.7 Å². The number of ether oxygens (including phenoxy) is 1. The van der Waals surface area contributed by atoms with E-state index in [2.05, 4.69) is 11.6 Å². The summed E-state index contributed by atoms with van der Waals surface area (Å²) in [5, 5.41) is 1.26. The molecule has 3 aromatic rings. The molecule has 0 radical (unpaired) electrons. The molecule has 10 heteroatoms. The zero-order valence-corrected chi connectivity index (χ0v) is 19.6. The number of primary amides is 1. The van der Waals surface area contributed by atoms with Crippen molar-refractivity contribution in [1.29, 1.82) is 0 Å². The summed E-state index contributed by atoms with van der Waals surface area (Å²) in [4.78, 5) is 43.4. The number of nitrogens with two attached hydrogens (primary N) is 1. The zero-order chi connectivity index (χ0) is 24.0. The van der Waals surface area contributed by atoms with E-state index in [4.69, 9.17) is 22.1 Å². The SMILES string of the molecule is C=CCn1c(SCC(=O)N(CCC(N)=O)c2ccc(OC)cc2)nc2cc(Cl)ccc2c1=O. The molecule has 1 heterocycles. The van der Waals surface area contributed by atoms with Gasteiger partial charge in [0.1, 0.15) is 5.75 Å². The average Bonchev–Trinajstić information content (AvgIpc) is 2.80. The number of benzene rings is 2. The molecule has 0 aliphatic carbocycles. The number of rotatable bonds is 10. The van der Waals surface area contributed by atoms with Gasteiger partial charge in [-0.1, -0.05) is 29.4 Å². The van der Waals surface area contributed by atoms with E-state index in [0.717, 1.165) is 11.8 Å². The standard InChI is InChI=1S/C23H23ClN4O4S/c1-3-11-28-22(31)18-9-4-15(24)13-19(18)26-23(28)33-14-21(30)27(12-10-20(25)29)16-5-7-17(32-2)8-6-16/h3-9,13H,1,10-12,14H2,2H3,(H2,25,29). The number of carbonyl (C=O) groups is 2. The maximum atomic E-state index is 13.1. The molecule has 8 nitrogen and oxygen atoms in total. The number of halogens is 1. The Morgan fingerprint density at radius 2 is 2.00 bits per heavy atom. The molecule has 0 saturated carbocycles. The van der Waals surface area contributed by atoms with Gasteiger partial charge in [-0.2, -0.15) is 0 Å². The lowest BCUT2D eigenvalue weighted by Gasteiger charge is -2.22. The molecule has 2 amide bonds. The van der Waals surface area contributed by atoms with Crippen LogP contribution >= 0.6 is 23.4 Å². The molecule has 0 fully saturated rings. The number of methoxy groups -OCH3 is 1. The Balaban J connectivity index is 1.89. The van der Waals surface area contributed by atoms with Gasteiger partial charge in [0.15, 0.2) is 5.16 Å². The van der Waals surface area contributed by atoms with E-state index in [9.17, 15) is 14.4 Å². The maximum Gasteiger partial charge on any atom is 0.262 e. The maximum absolute atomic E-state index is 13.1. The number of anilines is 1. The molecule has 2 N–H and O–H groups in total. The molecule has 0 unspecified atom stereocenters. The largest absolute Gasteiger partial charge is 0.497 e. The van der Waals surface area contributed by atoms with Crippen LogP contribution in [0.1, 0.15) is 6.42 Å². The second-order valence-corrected chi connectivity index (χ2v) is 8.39. The Kier molecular flexibility index (Phi) is 8.13. The monoisotopic (exact) mass is 486 g/mol. The third-order valence-corrected chi connectivity index (χ3v) is 5.98. The molecule has 1 aromatic heterocycles. The number of thioether (sulfide) groups is 1. The number of hydrogen-bond donors (Lipinski definition) is 1. The molecule has 0 aliphatic heterocycles. The van der Waals surface area contributed by atoms with Crippen LogP contribution in [0.2, 0.25) is 5.02 Å². The smallest absolute Gasteiger partial charge is 0.262 e. The Hall–Kier alpha value is -3.30. The van der Waals surface area contributed by atoms with Crippen molar-refractivity contribution in [3.05, 3.63) is 70.5 Å². The Morgan fingerprint density at radius 1 is 1.27 bits per heavy atom. The summed E-state index contributed by atoms with van der Waals surface area (Å²) in [6, 6.07) is 11.8. The molecule has 0 aliphatic rings. The number of fused-ring (bicyclic) bond motifs is 1. The first-order valence-electron chi connectivity index (χ1n) is 10.0. The van der Waals surface area contributed by atoms with Crippen LogP contribution < -0.4 is 20.9 Å². The van der Waals surface area contributed by atoms with Crippen LogP contribution in [0, 0.1) is 0 Å². The second-order valence-electron chi connectivity index (χ2n) is 7.01. The van der Waals surface area contributed by atoms with Gasteiger partial charge in [-0.15, -0.1) is 6.58 Å². The Bertz CT molecular complexity index is 1240. The number of aromatic nitrogens is 2. The summed E-state index contributed by atoms with van der Waals surface area (Å²) in [5.41, 5.74) is 6.10. The van der Waals surface area contributed by atoms with Gasteiger partial charge in [-0.05, 0) is 42.5 Å². The lowest BCUT2D eigenvalue weighted by atomic mass is 10.2.